The lowest BCUT2D eigenvalue weighted by atomic mass is 10.2. The average molecular weight is 361 g/mol. The van der Waals surface area contributed by atoms with E-state index in [9.17, 15) is 8.42 Å². The van der Waals surface area contributed by atoms with Crippen LogP contribution in [0.15, 0.2) is 41.3 Å². The first-order chi connectivity index (χ1) is 10.4. The summed E-state index contributed by atoms with van der Waals surface area (Å²) in [4.78, 5) is -0.209. The number of hydrogen-bond acceptors (Lipinski definition) is 4. The molecule has 7 heteroatoms. The first-order valence-electron chi connectivity index (χ1n) is 6.44. The lowest BCUT2D eigenvalue weighted by Crippen LogP contribution is -2.10. The molecule has 0 spiro atoms. The second-order valence-electron chi connectivity index (χ2n) is 4.45. The molecule has 0 bridgehead atoms. The summed E-state index contributed by atoms with van der Waals surface area (Å²) >= 11 is 11.9. The Morgan fingerprint density at radius 3 is 2.23 bits per heavy atom. The minimum atomic E-state index is -4.08. The first-order valence-corrected chi connectivity index (χ1v) is 8.60. The maximum absolute atomic E-state index is 12.3. The Labute approximate surface area is 139 Å². The van der Waals surface area contributed by atoms with Gasteiger partial charge in [-0.1, -0.05) is 42.3 Å². The number of halogens is 2. The highest BCUT2D eigenvalue weighted by atomic mass is 35.5. The monoisotopic (exact) mass is 360 g/mol. The van der Waals surface area contributed by atoms with Crippen LogP contribution in [0.1, 0.15) is 12.5 Å². The molecule has 0 amide bonds. The highest BCUT2D eigenvalue weighted by Gasteiger charge is 2.22. The number of methoxy groups -OCH3 is 1. The maximum atomic E-state index is 12.3. The van der Waals surface area contributed by atoms with E-state index >= 15 is 0 Å². The van der Waals surface area contributed by atoms with Crippen LogP contribution in [-0.4, -0.2) is 15.5 Å². The molecule has 118 valence electrons. The lowest BCUT2D eigenvalue weighted by molar-refractivity contribution is 0.414. The highest BCUT2D eigenvalue weighted by molar-refractivity contribution is 7.87. The van der Waals surface area contributed by atoms with E-state index in [1.807, 2.05) is 6.92 Å². The Bertz CT molecular complexity index is 771. The molecule has 0 aliphatic carbocycles. The van der Waals surface area contributed by atoms with Gasteiger partial charge in [0.2, 0.25) is 0 Å². The van der Waals surface area contributed by atoms with Gasteiger partial charge in [-0.3, -0.25) is 0 Å². The molecule has 0 saturated heterocycles. The summed E-state index contributed by atoms with van der Waals surface area (Å²) in [6, 6.07) is 9.32. The van der Waals surface area contributed by atoms with E-state index < -0.39 is 10.1 Å². The van der Waals surface area contributed by atoms with Gasteiger partial charge in [-0.25, -0.2) is 0 Å². The van der Waals surface area contributed by atoms with Gasteiger partial charge in [-0.15, -0.1) is 0 Å². The number of ether oxygens (including phenoxy) is 1. The fraction of sp³-hybridized carbons (Fsp3) is 0.200. The molecule has 0 N–H and O–H groups in total. The summed E-state index contributed by atoms with van der Waals surface area (Å²) in [5.41, 5.74) is 1.08. The summed E-state index contributed by atoms with van der Waals surface area (Å²) in [6.45, 7) is 2.01. The molecule has 0 radical (unpaired) electrons. The zero-order valence-electron chi connectivity index (χ0n) is 12.0. The fourth-order valence-corrected chi connectivity index (χ4v) is 3.57. The van der Waals surface area contributed by atoms with Crippen molar-refractivity contribution >= 4 is 33.3 Å². The summed E-state index contributed by atoms with van der Waals surface area (Å²) < 4.78 is 34.7. The molecule has 2 aromatic rings. The Hall–Kier alpha value is -1.43. The van der Waals surface area contributed by atoms with E-state index in [2.05, 4.69) is 0 Å². The lowest BCUT2D eigenvalue weighted by Gasteiger charge is -2.11. The highest BCUT2D eigenvalue weighted by Crippen LogP contribution is 2.34. The van der Waals surface area contributed by atoms with Gasteiger partial charge in [-0.05, 0) is 30.2 Å². The SMILES string of the molecule is CCc1ccc(OS(=O)(=O)c2cc(Cl)c(OC)cc2Cl)cc1. The number of rotatable bonds is 5. The molecular formula is C15H14Cl2O4S. The molecule has 0 aliphatic rings. The fourth-order valence-electron chi connectivity index (χ4n) is 1.81. The van der Waals surface area contributed by atoms with Gasteiger partial charge in [-0.2, -0.15) is 8.42 Å². The number of benzene rings is 2. The minimum Gasteiger partial charge on any atom is -0.495 e. The largest absolute Gasteiger partial charge is 0.495 e. The maximum Gasteiger partial charge on any atom is 0.340 e. The first kappa shape index (κ1) is 16.9. The number of aryl methyl sites for hydroxylation is 1. The molecule has 0 heterocycles. The third kappa shape index (κ3) is 3.66. The van der Waals surface area contributed by atoms with Gasteiger partial charge in [0.25, 0.3) is 0 Å². The zero-order chi connectivity index (χ0) is 16.3. The van der Waals surface area contributed by atoms with Crippen molar-refractivity contribution in [3.8, 4) is 11.5 Å². The van der Waals surface area contributed by atoms with Crippen molar-refractivity contribution < 1.29 is 17.3 Å². The van der Waals surface area contributed by atoms with E-state index in [0.29, 0.717) is 0 Å². The van der Waals surface area contributed by atoms with Crippen LogP contribution in [0.3, 0.4) is 0 Å². The van der Waals surface area contributed by atoms with Crippen LogP contribution in [0.5, 0.6) is 11.5 Å². The van der Waals surface area contributed by atoms with E-state index in [1.54, 1.807) is 24.3 Å². The third-order valence-corrected chi connectivity index (χ3v) is 5.02. The molecule has 0 fully saturated rings. The van der Waals surface area contributed by atoms with Gasteiger partial charge >= 0.3 is 10.1 Å². The van der Waals surface area contributed by atoms with E-state index in [-0.39, 0.29) is 26.4 Å². The van der Waals surface area contributed by atoms with Crippen LogP contribution in [-0.2, 0) is 16.5 Å². The summed E-state index contributed by atoms with van der Waals surface area (Å²) in [5.74, 6) is 0.498. The molecule has 0 aromatic heterocycles. The zero-order valence-corrected chi connectivity index (χ0v) is 14.3. The minimum absolute atomic E-state index is 0.0218. The molecule has 0 aliphatic heterocycles. The Balaban J connectivity index is 2.35. The Morgan fingerprint density at radius 1 is 1.05 bits per heavy atom. The van der Waals surface area contributed by atoms with Crippen molar-refractivity contribution in [1.82, 2.24) is 0 Å². The van der Waals surface area contributed by atoms with Crippen LogP contribution in [0.4, 0.5) is 0 Å². The van der Waals surface area contributed by atoms with Crippen molar-refractivity contribution in [3.05, 3.63) is 52.0 Å². The van der Waals surface area contributed by atoms with E-state index in [4.69, 9.17) is 32.1 Å². The van der Waals surface area contributed by atoms with E-state index in [0.717, 1.165) is 12.0 Å². The van der Waals surface area contributed by atoms with Crippen LogP contribution >= 0.6 is 23.2 Å². The average Bonchev–Trinajstić information content (AvgIpc) is 2.49. The van der Waals surface area contributed by atoms with Crippen LogP contribution < -0.4 is 8.92 Å². The van der Waals surface area contributed by atoms with Crippen LogP contribution in [0, 0.1) is 0 Å². The second kappa shape index (κ2) is 6.77. The molecule has 2 aromatic carbocycles. The summed E-state index contributed by atoms with van der Waals surface area (Å²) in [6.07, 6.45) is 0.854. The molecule has 0 saturated carbocycles. The van der Waals surface area contributed by atoms with Crippen molar-refractivity contribution in [2.24, 2.45) is 0 Å². The van der Waals surface area contributed by atoms with Gasteiger partial charge in [0.1, 0.15) is 16.4 Å². The summed E-state index contributed by atoms with van der Waals surface area (Å²) in [7, 11) is -2.67. The number of hydrogen-bond donors (Lipinski definition) is 0. The quantitative estimate of drug-likeness (QED) is 0.744. The van der Waals surface area contributed by atoms with Gasteiger partial charge in [0.05, 0.1) is 17.2 Å². The molecule has 4 nitrogen and oxygen atoms in total. The van der Waals surface area contributed by atoms with Crippen molar-refractivity contribution in [1.29, 1.82) is 0 Å². The van der Waals surface area contributed by atoms with Crippen LogP contribution in [0.2, 0.25) is 10.0 Å². The second-order valence-corrected chi connectivity index (χ2v) is 6.78. The molecule has 2 rings (SSSR count). The van der Waals surface area contributed by atoms with Crippen molar-refractivity contribution in [2.75, 3.05) is 7.11 Å². The normalized spacial score (nSPS) is 11.3. The molecule has 0 atom stereocenters. The van der Waals surface area contributed by atoms with Crippen LogP contribution in [0.25, 0.3) is 0 Å². The predicted octanol–water partition coefficient (Wildman–Crippen LogP) is 4.33. The van der Waals surface area contributed by atoms with Gasteiger partial charge in [0.15, 0.2) is 0 Å². The standard InChI is InChI=1S/C15H14Cl2O4S/c1-3-10-4-6-11(7-5-10)21-22(18,19)15-9-12(16)14(20-2)8-13(15)17/h4-9H,3H2,1-2H3. The Kier molecular flexibility index (Phi) is 5.21. The summed E-state index contributed by atoms with van der Waals surface area (Å²) in [5, 5.41) is 0.113. The Morgan fingerprint density at radius 2 is 1.68 bits per heavy atom. The van der Waals surface area contributed by atoms with Gasteiger partial charge < -0.3 is 8.92 Å². The molecule has 0 unspecified atom stereocenters. The predicted molar refractivity (Wildman–Crippen MR) is 86.6 cm³/mol. The molecular weight excluding hydrogens is 347 g/mol. The smallest absolute Gasteiger partial charge is 0.340 e. The molecule has 22 heavy (non-hydrogen) atoms. The third-order valence-electron chi connectivity index (χ3n) is 3.01. The van der Waals surface area contributed by atoms with Crippen molar-refractivity contribution in [2.45, 2.75) is 18.2 Å². The van der Waals surface area contributed by atoms with Crippen molar-refractivity contribution in [3.63, 3.8) is 0 Å². The van der Waals surface area contributed by atoms with Gasteiger partial charge in [0, 0.05) is 6.07 Å². The topological polar surface area (TPSA) is 52.6 Å². The van der Waals surface area contributed by atoms with E-state index in [1.165, 1.54) is 19.2 Å².